The van der Waals surface area contributed by atoms with Crippen LogP contribution in [-0.2, 0) is 13.1 Å². The normalized spacial score (nSPS) is 13.1. The summed E-state index contributed by atoms with van der Waals surface area (Å²) in [5.74, 6) is 0.822. The zero-order chi connectivity index (χ0) is 17.9. The molecule has 9 heteroatoms. The number of carbonyl (C=O) groups is 1. The van der Waals surface area contributed by atoms with Crippen LogP contribution in [0.2, 0.25) is 0 Å². The highest BCUT2D eigenvalue weighted by atomic mass is 35.5. The van der Waals surface area contributed by atoms with Gasteiger partial charge in [0.15, 0.2) is 0 Å². The van der Waals surface area contributed by atoms with Gasteiger partial charge in [0.2, 0.25) is 5.82 Å². The lowest BCUT2D eigenvalue weighted by Gasteiger charge is -2.11. The van der Waals surface area contributed by atoms with Gasteiger partial charge in [0.05, 0.1) is 17.0 Å². The van der Waals surface area contributed by atoms with Crippen LogP contribution in [0.5, 0.6) is 0 Å². The van der Waals surface area contributed by atoms with E-state index in [2.05, 4.69) is 30.9 Å². The largest absolute Gasteiger partial charge is 0.348 e. The zero-order valence-electron chi connectivity index (χ0n) is 14.6. The van der Waals surface area contributed by atoms with Gasteiger partial charge in [0.1, 0.15) is 0 Å². The van der Waals surface area contributed by atoms with Crippen LogP contribution in [0.15, 0.2) is 36.4 Å². The molecule has 8 nitrogen and oxygen atoms in total. The predicted molar refractivity (Wildman–Crippen MR) is 102 cm³/mol. The van der Waals surface area contributed by atoms with Crippen molar-refractivity contribution in [3.05, 3.63) is 58.9 Å². The number of halogens is 1. The number of pyridine rings is 1. The first-order valence-electron chi connectivity index (χ1n) is 8.55. The van der Waals surface area contributed by atoms with Gasteiger partial charge in [0, 0.05) is 24.6 Å². The molecule has 4 rings (SSSR count). The van der Waals surface area contributed by atoms with Gasteiger partial charge >= 0.3 is 0 Å². The molecular formula is C18H20ClN7O. The van der Waals surface area contributed by atoms with Crippen molar-refractivity contribution in [1.82, 2.24) is 30.9 Å². The van der Waals surface area contributed by atoms with Crippen LogP contribution in [0.25, 0.3) is 11.4 Å². The van der Waals surface area contributed by atoms with Gasteiger partial charge in [0.25, 0.3) is 5.91 Å². The first-order valence-corrected chi connectivity index (χ1v) is 8.55. The highest BCUT2D eigenvalue weighted by molar-refractivity contribution is 5.95. The Morgan fingerprint density at radius 3 is 2.59 bits per heavy atom. The number of amides is 1. The number of nitrogens with zero attached hydrogens (tertiary/aromatic N) is 4. The average Bonchev–Trinajstić information content (AvgIpc) is 3.40. The molecule has 1 saturated carbocycles. The fraction of sp³-hybridized carbons (Fsp3) is 0.278. The van der Waals surface area contributed by atoms with E-state index in [1.54, 1.807) is 0 Å². The molecule has 27 heavy (non-hydrogen) atoms. The van der Waals surface area contributed by atoms with Crippen molar-refractivity contribution in [3.63, 3.8) is 0 Å². The van der Waals surface area contributed by atoms with E-state index in [0.717, 1.165) is 35.4 Å². The van der Waals surface area contributed by atoms with Crippen LogP contribution in [-0.4, -0.2) is 31.5 Å². The molecule has 1 aromatic carbocycles. The Hall–Kier alpha value is -2.84. The second kappa shape index (κ2) is 8.24. The number of rotatable bonds is 6. The second-order valence-corrected chi connectivity index (χ2v) is 6.33. The van der Waals surface area contributed by atoms with Gasteiger partial charge in [-0.1, -0.05) is 24.3 Å². The Balaban J connectivity index is 0.00000210. The smallest absolute Gasteiger partial charge is 0.253 e. The van der Waals surface area contributed by atoms with Crippen LogP contribution in [0.3, 0.4) is 0 Å². The summed E-state index contributed by atoms with van der Waals surface area (Å²) in [6.45, 7) is 0.822. The highest BCUT2D eigenvalue weighted by Crippen LogP contribution is 2.40. The zero-order valence-corrected chi connectivity index (χ0v) is 15.4. The number of tetrazole rings is 1. The quantitative estimate of drug-likeness (QED) is 0.596. The summed E-state index contributed by atoms with van der Waals surface area (Å²) in [5, 5.41) is 16.8. The fourth-order valence-corrected chi connectivity index (χ4v) is 2.82. The van der Waals surface area contributed by atoms with Gasteiger partial charge in [-0.15, -0.1) is 22.6 Å². The fourth-order valence-electron chi connectivity index (χ4n) is 2.82. The maximum Gasteiger partial charge on any atom is 0.253 e. The molecule has 1 aliphatic rings. The van der Waals surface area contributed by atoms with E-state index in [4.69, 9.17) is 5.73 Å². The Morgan fingerprint density at radius 2 is 1.96 bits per heavy atom. The summed E-state index contributed by atoms with van der Waals surface area (Å²) in [4.78, 5) is 17.2. The number of aromatic nitrogens is 5. The third-order valence-corrected chi connectivity index (χ3v) is 4.41. The monoisotopic (exact) mass is 385 g/mol. The predicted octanol–water partition coefficient (Wildman–Crippen LogP) is 1.95. The summed E-state index contributed by atoms with van der Waals surface area (Å²) in [6.07, 6.45) is 2.16. The Bertz CT molecular complexity index is 908. The molecule has 1 fully saturated rings. The molecule has 1 amide bonds. The van der Waals surface area contributed by atoms with Gasteiger partial charge in [-0.05, 0) is 35.8 Å². The number of carbonyl (C=O) groups excluding carboxylic acids is 1. The number of benzene rings is 1. The van der Waals surface area contributed by atoms with Crippen molar-refractivity contribution >= 4 is 18.3 Å². The minimum absolute atomic E-state index is 0. The third-order valence-electron chi connectivity index (χ3n) is 4.41. The number of H-pyrrole nitrogens is 1. The van der Waals surface area contributed by atoms with Gasteiger partial charge < -0.3 is 11.1 Å². The van der Waals surface area contributed by atoms with E-state index in [9.17, 15) is 4.79 Å². The van der Waals surface area contributed by atoms with E-state index >= 15 is 0 Å². The molecule has 0 unspecified atom stereocenters. The lowest BCUT2D eigenvalue weighted by Crippen LogP contribution is -2.24. The van der Waals surface area contributed by atoms with E-state index in [0.29, 0.717) is 30.4 Å². The third kappa shape index (κ3) is 4.29. The van der Waals surface area contributed by atoms with E-state index in [1.165, 1.54) is 0 Å². The van der Waals surface area contributed by atoms with Gasteiger partial charge in [-0.25, -0.2) is 0 Å². The lowest BCUT2D eigenvalue weighted by molar-refractivity contribution is 0.0949. The molecule has 3 aromatic rings. The molecule has 2 heterocycles. The maximum absolute atomic E-state index is 12.6. The van der Waals surface area contributed by atoms with Crippen molar-refractivity contribution in [2.75, 3.05) is 0 Å². The standard InChI is InChI=1S/C18H19N7O.ClH/c19-9-14-7-8-15(16(21-14)12-5-6-12)18(26)20-10-11-1-3-13(4-2-11)17-22-24-25-23-17;/h1-4,7-8,12H,5-6,9-10,19H2,(H,20,26)(H,22,23,24,25);1H. The molecule has 0 radical (unpaired) electrons. The Kier molecular flexibility index (Phi) is 5.78. The molecule has 0 bridgehead atoms. The summed E-state index contributed by atoms with van der Waals surface area (Å²) >= 11 is 0. The minimum atomic E-state index is -0.106. The summed E-state index contributed by atoms with van der Waals surface area (Å²) < 4.78 is 0. The number of hydrogen-bond donors (Lipinski definition) is 3. The topological polar surface area (TPSA) is 122 Å². The molecule has 2 aromatic heterocycles. The molecule has 1 aliphatic carbocycles. The minimum Gasteiger partial charge on any atom is -0.348 e. The molecule has 0 spiro atoms. The van der Waals surface area contributed by atoms with Crippen molar-refractivity contribution in [2.45, 2.75) is 31.8 Å². The first kappa shape index (κ1) is 18.9. The van der Waals surface area contributed by atoms with Gasteiger partial charge in [-0.2, -0.15) is 5.21 Å². The van der Waals surface area contributed by atoms with Crippen molar-refractivity contribution in [1.29, 1.82) is 0 Å². The van der Waals surface area contributed by atoms with Crippen molar-refractivity contribution in [3.8, 4) is 11.4 Å². The van der Waals surface area contributed by atoms with E-state index in [1.807, 2.05) is 36.4 Å². The summed E-state index contributed by atoms with van der Waals surface area (Å²) in [7, 11) is 0. The Labute approximate surface area is 162 Å². The first-order chi connectivity index (χ1) is 12.7. The molecule has 4 N–H and O–H groups in total. The summed E-state index contributed by atoms with van der Waals surface area (Å²) in [6, 6.07) is 11.3. The van der Waals surface area contributed by atoms with Crippen LogP contribution in [0, 0.1) is 0 Å². The van der Waals surface area contributed by atoms with Crippen LogP contribution in [0.4, 0.5) is 0 Å². The molecule has 140 valence electrons. The van der Waals surface area contributed by atoms with E-state index < -0.39 is 0 Å². The number of nitrogens with one attached hydrogen (secondary N) is 2. The average molecular weight is 386 g/mol. The number of aromatic amines is 1. The second-order valence-electron chi connectivity index (χ2n) is 6.33. The molecule has 0 atom stereocenters. The molecule has 0 saturated heterocycles. The maximum atomic E-state index is 12.6. The number of hydrogen-bond acceptors (Lipinski definition) is 6. The Morgan fingerprint density at radius 1 is 1.19 bits per heavy atom. The van der Waals surface area contributed by atoms with E-state index in [-0.39, 0.29) is 18.3 Å². The van der Waals surface area contributed by atoms with Crippen molar-refractivity contribution < 1.29 is 4.79 Å². The lowest BCUT2D eigenvalue weighted by atomic mass is 10.1. The van der Waals surface area contributed by atoms with Gasteiger partial charge in [-0.3, -0.25) is 9.78 Å². The van der Waals surface area contributed by atoms with Crippen LogP contribution in [0.1, 0.15) is 46.1 Å². The molecule has 0 aliphatic heterocycles. The number of nitrogens with two attached hydrogens (primary N) is 1. The van der Waals surface area contributed by atoms with Crippen molar-refractivity contribution in [2.24, 2.45) is 5.73 Å². The summed E-state index contributed by atoms with van der Waals surface area (Å²) in [5.41, 5.74) is 9.87. The highest BCUT2D eigenvalue weighted by Gasteiger charge is 2.29. The SMILES string of the molecule is Cl.NCc1ccc(C(=O)NCc2ccc(-c3nn[nH]n3)cc2)c(C2CC2)n1. The van der Waals surface area contributed by atoms with Crippen LogP contribution >= 0.6 is 12.4 Å². The van der Waals surface area contributed by atoms with Crippen LogP contribution < -0.4 is 11.1 Å². The molecular weight excluding hydrogens is 366 g/mol.